The molecule has 1 aromatic rings. The quantitative estimate of drug-likeness (QED) is 0.857. The van der Waals surface area contributed by atoms with Gasteiger partial charge in [0.15, 0.2) is 11.6 Å². The van der Waals surface area contributed by atoms with Gasteiger partial charge in [0.05, 0.1) is 11.4 Å². The van der Waals surface area contributed by atoms with E-state index in [0.717, 1.165) is 29.3 Å². The SMILES string of the molecule is O=C(CN(C1CC1)S(=O)(=O)c1ccc(F)c(F)c1)NC1CC1. The average Bonchev–Trinajstić information content (AvgIpc) is 3.32. The molecule has 0 radical (unpaired) electrons. The first-order chi connectivity index (χ1) is 10.4. The average molecular weight is 330 g/mol. The molecule has 120 valence electrons. The number of nitrogens with zero attached hydrogens (tertiary/aromatic N) is 1. The predicted octanol–water partition coefficient (Wildman–Crippen LogP) is 1.40. The van der Waals surface area contributed by atoms with Gasteiger partial charge in [-0.25, -0.2) is 17.2 Å². The van der Waals surface area contributed by atoms with Crippen LogP contribution in [0.5, 0.6) is 0 Å². The maximum Gasteiger partial charge on any atom is 0.243 e. The zero-order valence-corrected chi connectivity index (χ0v) is 12.6. The Balaban J connectivity index is 1.82. The summed E-state index contributed by atoms with van der Waals surface area (Å²) in [6.07, 6.45) is 3.15. The lowest BCUT2D eigenvalue weighted by Crippen LogP contribution is -2.42. The van der Waals surface area contributed by atoms with Gasteiger partial charge in [0, 0.05) is 12.1 Å². The van der Waals surface area contributed by atoms with Crippen molar-refractivity contribution in [3.8, 4) is 0 Å². The van der Waals surface area contributed by atoms with Crippen molar-refractivity contribution >= 4 is 15.9 Å². The molecule has 22 heavy (non-hydrogen) atoms. The maximum absolute atomic E-state index is 13.3. The summed E-state index contributed by atoms with van der Waals surface area (Å²) in [5.41, 5.74) is 0. The summed E-state index contributed by atoms with van der Waals surface area (Å²) < 4.78 is 52.5. The van der Waals surface area contributed by atoms with Gasteiger partial charge in [-0.1, -0.05) is 0 Å². The molecule has 2 aliphatic rings. The standard InChI is InChI=1S/C14H16F2N2O3S/c15-12-6-5-11(7-13(12)16)22(20,21)18(10-3-4-10)8-14(19)17-9-1-2-9/h5-7,9-10H,1-4,8H2,(H,17,19). The van der Waals surface area contributed by atoms with E-state index >= 15 is 0 Å². The molecule has 0 bridgehead atoms. The third kappa shape index (κ3) is 3.27. The van der Waals surface area contributed by atoms with E-state index in [1.54, 1.807) is 0 Å². The van der Waals surface area contributed by atoms with Gasteiger partial charge in [-0.2, -0.15) is 4.31 Å². The molecular weight excluding hydrogens is 314 g/mol. The van der Waals surface area contributed by atoms with Crippen LogP contribution in [0.2, 0.25) is 0 Å². The van der Waals surface area contributed by atoms with Crippen LogP contribution in [0.4, 0.5) is 8.78 Å². The van der Waals surface area contributed by atoms with Crippen LogP contribution in [0.1, 0.15) is 25.7 Å². The molecule has 0 atom stereocenters. The molecule has 2 saturated carbocycles. The highest BCUT2D eigenvalue weighted by atomic mass is 32.2. The zero-order chi connectivity index (χ0) is 15.9. The molecule has 0 heterocycles. The van der Waals surface area contributed by atoms with Crippen LogP contribution in [0.25, 0.3) is 0 Å². The summed E-state index contributed by atoms with van der Waals surface area (Å²) in [6, 6.07) is 2.33. The minimum absolute atomic E-state index is 0.138. The van der Waals surface area contributed by atoms with Crippen LogP contribution in [-0.2, 0) is 14.8 Å². The lowest BCUT2D eigenvalue weighted by atomic mass is 10.3. The van der Waals surface area contributed by atoms with Gasteiger partial charge < -0.3 is 5.32 Å². The van der Waals surface area contributed by atoms with Crippen LogP contribution in [0, 0.1) is 11.6 Å². The summed E-state index contributed by atoms with van der Waals surface area (Å²) in [7, 11) is -4.02. The number of hydrogen-bond acceptors (Lipinski definition) is 3. The summed E-state index contributed by atoms with van der Waals surface area (Å²) in [4.78, 5) is 11.5. The predicted molar refractivity (Wildman–Crippen MR) is 74.4 cm³/mol. The fourth-order valence-electron chi connectivity index (χ4n) is 2.19. The Hall–Kier alpha value is -1.54. The van der Waals surface area contributed by atoms with Gasteiger partial charge in [0.2, 0.25) is 15.9 Å². The second-order valence-electron chi connectivity index (χ2n) is 5.70. The Labute approximate surface area is 127 Å². The Morgan fingerprint density at radius 2 is 1.86 bits per heavy atom. The minimum Gasteiger partial charge on any atom is -0.352 e. The van der Waals surface area contributed by atoms with Crippen molar-refractivity contribution in [3.05, 3.63) is 29.8 Å². The second kappa shape index (κ2) is 5.58. The van der Waals surface area contributed by atoms with Crippen molar-refractivity contribution in [1.82, 2.24) is 9.62 Å². The van der Waals surface area contributed by atoms with E-state index < -0.39 is 21.7 Å². The molecule has 0 aromatic heterocycles. The molecule has 8 heteroatoms. The summed E-state index contributed by atoms with van der Waals surface area (Å²) in [5.74, 6) is -2.69. The zero-order valence-electron chi connectivity index (χ0n) is 11.8. The number of amides is 1. The highest BCUT2D eigenvalue weighted by Crippen LogP contribution is 2.32. The third-order valence-electron chi connectivity index (χ3n) is 3.69. The van der Waals surface area contributed by atoms with Crippen molar-refractivity contribution < 1.29 is 22.0 Å². The van der Waals surface area contributed by atoms with Crippen molar-refractivity contribution in [1.29, 1.82) is 0 Å². The van der Waals surface area contributed by atoms with Gasteiger partial charge in [0.25, 0.3) is 0 Å². The van der Waals surface area contributed by atoms with Gasteiger partial charge in [-0.05, 0) is 43.9 Å². The van der Waals surface area contributed by atoms with Gasteiger partial charge in [0.1, 0.15) is 0 Å². The molecule has 5 nitrogen and oxygen atoms in total. The number of hydrogen-bond donors (Lipinski definition) is 1. The number of halogens is 2. The van der Waals surface area contributed by atoms with Crippen LogP contribution >= 0.6 is 0 Å². The van der Waals surface area contributed by atoms with Gasteiger partial charge >= 0.3 is 0 Å². The number of carbonyl (C=O) groups is 1. The van der Waals surface area contributed by atoms with Crippen LogP contribution in [0.3, 0.4) is 0 Å². The highest BCUT2D eigenvalue weighted by molar-refractivity contribution is 7.89. The van der Waals surface area contributed by atoms with E-state index in [0.29, 0.717) is 18.9 Å². The Kier molecular flexibility index (Phi) is 3.90. The number of nitrogens with one attached hydrogen (secondary N) is 1. The molecule has 0 unspecified atom stereocenters. The minimum atomic E-state index is -4.02. The van der Waals surface area contributed by atoms with E-state index in [9.17, 15) is 22.0 Å². The number of carbonyl (C=O) groups excluding carboxylic acids is 1. The molecular formula is C14H16F2N2O3S. The van der Waals surface area contributed by atoms with Crippen LogP contribution < -0.4 is 5.32 Å². The maximum atomic E-state index is 13.3. The Bertz CT molecular complexity index is 700. The van der Waals surface area contributed by atoms with Crippen molar-refractivity contribution in [3.63, 3.8) is 0 Å². The molecule has 0 aliphatic heterocycles. The summed E-state index contributed by atoms with van der Waals surface area (Å²) in [5, 5.41) is 2.73. The molecule has 2 aliphatic carbocycles. The summed E-state index contributed by atoms with van der Waals surface area (Å²) >= 11 is 0. The van der Waals surface area contributed by atoms with Gasteiger partial charge in [-0.15, -0.1) is 0 Å². The van der Waals surface area contributed by atoms with E-state index in [1.165, 1.54) is 0 Å². The lowest BCUT2D eigenvalue weighted by Gasteiger charge is -2.21. The molecule has 1 aromatic carbocycles. The van der Waals surface area contributed by atoms with Crippen LogP contribution in [-0.4, -0.2) is 37.3 Å². The fourth-order valence-corrected chi connectivity index (χ4v) is 3.84. The smallest absolute Gasteiger partial charge is 0.243 e. The first kappa shape index (κ1) is 15.4. The van der Waals surface area contributed by atoms with Crippen molar-refractivity contribution in [2.45, 2.75) is 42.7 Å². The fraction of sp³-hybridized carbons (Fsp3) is 0.500. The lowest BCUT2D eigenvalue weighted by molar-refractivity contribution is -0.121. The normalized spacial score (nSPS) is 18.5. The number of benzene rings is 1. The highest BCUT2D eigenvalue weighted by Gasteiger charge is 2.40. The monoisotopic (exact) mass is 330 g/mol. The molecule has 3 rings (SSSR count). The number of sulfonamides is 1. The van der Waals surface area contributed by atoms with Crippen LogP contribution in [0.15, 0.2) is 23.1 Å². The molecule has 2 fully saturated rings. The topological polar surface area (TPSA) is 66.5 Å². The van der Waals surface area contributed by atoms with E-state index in [-0.39, 0.29) is 29.4 Å². The van der Waals surface area contributed by atoms with Crippen molar-refractivity contribution in [2.75, 3.05) is 6.54 Å². The third-order valence-corrected chi connectivity index (χ3v) is 5.59. The summed E-state index contributed by atoms with van der Waals surface area (Å²) in [6.45, 7) is -0.289. The largest absolute Gasteiger partial charge is 0.352 e. The Morgan fingerprint density at radius 1 is 1.18 bits per heavy atom. The first-order valence-corrected chi connectivity index (χ1v) is 8.58. The number of rotatable bonds is 6. The Morgan fingerprint density at radius 3 is 2.41 bits per heavy atom. The molecule has 1 N–H and O–H groups in total. The van der Waals surface area contributed by atoms with E-state index in [2.05, 4.69) is 5.32 Å². The molecule has 1 amide bonds. The van der Waals surface area contributed by atoms with E-state index in [4.69, 9.17) is 0 Å². The van der Waals surface area contributed by atoms with E-state index in [1.807, 2.05) is 0 Å². The second-order valence-corrected chi connectivity index (χ2v) is 7.59. The first-order valence-electron chi connectivity index (χ1n) is 7.14. The molecule has 0 saturated heterocycles. The van der Waals surface area contributed by atoms with Gasteiger partial charge in [-0.3, -0.25) is 4.79 Å². The molecule has 0 spiro atoms. The van der Waals surface area contributed by atoms with Crippen molar-refractivity contribution in [2.24, 2.45) is 0 Å².